The Hall–Kier alpha value is -2.86. The quantitative estimate of drug-likeness (QED) is 0.680. The summed E-state index contributed by atoms with van der Waals surface area (Å²) in [5.74, 6) is 0.0725. The number of hydrogen-bond acceptors (Lipinski definition) is 3. The van der Waals surface area contributed by atoms with Gasteiger partial charge in [0.25, 0.3) is 5.91 Å². The predicted octanol–water partition coefficient (Wildman–Crippen LogP) is 3.58. The topological polar surface area (TPSA) is 63.4 Å². The molecule has 0 fully saturated rings. The number of nitrogens with one attached hydrogen (secondary N) is 2. The SMILES string of the molecule is COCCOc1ccc(NC(=O)c2cc3cc(F)ccc3[nH]2)cc1. The summed E-state index contributed by atoms with van der Waals surface area (Å²) in [5.41, 5.74) is 1.73. The Kier molecular flexibility index (Phi) is 4.77. The van der Waals surface area contributed by atoms with Crippen LogP contribution in [0.4, 0.5) is 10.1 Å². The van der Waals surface area contributed by atoms with Crippen LogP contribution in [-0.2, 0) is 4.74 Å². The van der Waals surface area contributed by atoms with Crippen LogP contribution in [0.3, 0.4) is 0 Å². The van der Waals surface area contributed by atoms with Crippen molar-refractivity contribution >= 4 is 22.5 Å². The number of H-pyrrole nitrogens is 1. The molecule has 6 heteroatoms. The van der Waals surface area contributed by atoms with Gasteiger partial charge in [0, 0.05) is 23.7 Å². The molecule has 0 spiro atoms. The summed E-state index contributed by atoms with van der Waals surface area (Å²) >= 11 is 0. The fourth-order valence-electron chi connectivity index (χ4n) is 2.30. The number of benzene rings is 2. The highest BCUT2D eigenvalue weighted by Gasteiger charge is 2.10. The van der Waals surface area contributed by atoms with Gasteiger partial charge in [0.15, 0.2) is 0 Å². The van der Waals surface area contributed by atoms with Crippen LogP contribution in [0.5, 0.6) is 5.75 Å². The van der Waals surface area contributed by atoms with Gasteiger partial charge in [0.1, 0.15) is 23.9 Å². The maximum Gasteiger partial charge on any atom is 0.272 e. The van der Waals surface area contributed by atoms with E-state index in [1.807, 2.05) is 0 Å². The van der Waals surface area contributed by atoms with Crippen molar-refractivity contribution < 1.29 is 18.7 Å². The number of ether oxygens (including phenoxy) is 2. The normalized spacial score (nSPS) is 10.8. The molecule has 0 atom stereocenters. The highest BCUT2D eigenvalue weighted by molar-refractivity contribution is 6.05. The monoisotopic (exact) mass is 328 g/mol. The van der Waals surface area contributed by atoms with Crippen molar-refractivity contribution in [3.05, 3.63) is 60.0 Å². The molecule has 3 rings (SSSR count). The summed E-state index contributed by atoms with van der Waals surface area (Å²) in [6.45, 7) is 0.979. The molecule has 124 valence electrons. The summed E-state index contributed by atoms with van der Waals surface area (Å²) in [4.78, 5) is 15.3. The lowest BCUT2D eigenvalue weighted by Crippen LogP contribution is -2.12. The van der Waals surface area contributed by atoms with Gasteiger partial charge in [-0.3, -0.25) is 4.79 Å². The maximum absolute atomic E-state index is 13.2. The number of methoxy groups -OCH3 is 1. The van der Waals surface area contributed by atoms with Gasteiger partial charge >= 0.3 is 0 Å². The molecule has 5 nitrogen and oxygen atoms in total. The molecular formula is C18H17FN2O3. The summed E-state index contributed by atoms with van der Waals surface area (Å²) in [6.07, 6.45) is 0. The zero-order chi connectivity index (χ0) is 16.9. The van der Waals surface area contributed by atoms with Crippen LogP contribution in [-0.4, -0.2) is 31.2 Å². The summed E-state index contributed by atoms with van der Waals surface area (Å²) in [6, 6.07) is 13.0. The van der Waals surface area contributed by atoms with Gasteiger partial charge in [-0.25, -0.2) is 4.39 Å². The lowest BCUT2D eigenvalue weighted by Gasteiger charge is -2.07. The van der Waals surface area contributed by atoms with Crippen molar-refractivity contribution in [2.75, 3.05) is 25.6 Å². The van der Waals surface area contributed by atoms with Gasteiger partial charge in [-0.15, -0.1) is 0 Å². The molecule has 0 aliphatic rings. The smallest absolute Gasteiger partial charge is 0.272 e. The number of rotatable bonds is 6. The Morgan fingerprint density at radius 2 is 1.92 bits per heavy atom. The second-order valence-corrected chi connectivity index (χ2v) is 5.23. The molecule has 0 saturated heterocycles. The summed E-state index contributed by atoms with van der Waals surface area (Å²) < 4.78 is 23.6. The van der Waals surface area contributed by atoms with Crippen LogP contribution in [0.2, 0.25) is 0 Å². The first-order valence-corrected chi connectivity index (χ1v) is 7.47. The number of halogens is 1. The van der Waals surface area contributed by atoms with Crippen LogP contribution in [0.25, 0.3) is 10.9 Å². The predicted molar refractivity (Wildman–Crippen MR) is 90.0 cm³/mol. The van der Waals surface area contributed by atoms with Gasteiger partial charge in [-0.1, -0.05) is 0 Å². The standard InChI is InChI=1S/C18H17FN2O3/c1-23-8-9-24-15-5-3-14(4-6-15)20-18(22)17-11-12-10-13(19)2-7-16(12)21-17/h2-7,10-11,21H,8-9H2,1H3,(H,20,22). The van der Waals surface area contributed by atoms with E-state index >= 15 is 0 Å². The Morgan fingerprint density at radius 3 is 2.67 bits per heavy atom. The number of carbonyl (C=O) groups is 1. The van der Waals surface area contributed by atoms with E-state index < -0.39 is 0 Å². The second kappa shape index (κ2) is 7.14. The van der Waals surface area contributed by atoms with E-state index in [0.717, 1.165) is 0 Å². The minimum Gasteiger partial charge on any atom is -0.491 e. The Balaban J connectivity index is 1.67. The molecule has 0 aliphatic heterocycles. The number of fused-ring (bicyclic) bond motifs is 1. The number of carbonyl (C=O) groups excluding carboxylic acids is 1. The van der Waals surface area contributed by atoms with E-state index in [4.69, 9.17) is 9.47 Å². The molecule has 1 heterocycles. The first kappa shape index (κ1) is 16.0. The van der Waals surface area contributed by atoms with Crippen LogP contribution < -0.4 is 10.1 Å². The molecule has 2 N–H and O–H groups in total. The second-order valence-electron chi connectivity index (χ2n) is 5.23. The third kappa shape index (κ3) is 3.72. The Morgan fingerprint density at radius 1 is 1.12 bits per heavy atom. The van der Waals surface area contributed by atoms with Crippen molar-refractivity contribution in [1.29, 1.82) is 0 Å². The molecule has 2 aromatic carbocycles. The van der Waals surface area contributed by atoms with Crippen LogP contribution in [0, 0.1) is 5.82 Å². The average Bonchev–Trinajstić information content (AvgIpc) is 3.00. The third-order valence-corrected chi connectivity index (χ3v) is 3.50. The Bertz CT molecular complexity index is 843. The number of hydrogen-bond donors (Lipinski definition) is 2. The van der Waals surface area contributed by atoms with Gasteiger partial charge in [-0.2, -0.15) is 0 Å². The molecule has 0 bridgehead atoms. The van der Waals surface area contributed by atoms with Crippen molar-refractivity contribution in [3.8, 4) is 5.75 Å². The number of amides is 1. The zero-order valence-electron chi connectivity index (χ0n) is 13.1. The highest BCUT2D eigenvalue weighted by Crippen LogP contribution is 2.19. The molecule has 0 saturated carbocycles. The van der Waals surface area contributed by atoms with E-state index in [2.05, 4.69) is 10.3 Å². The lowest BCUT2D eigenvalue weighted by atomic mass is 10.2. The lowest BCUT2D eigenvalue weighted by molar-refractivity contribution is 0.102. The van der Waals surface area contributed by atoms with Crippen molar-refractivity contribution in [3.63, 3.8) is 0 Å². The zero-order valence-corrected chi connectivity index (χ0v) is 13.1. The first-order chi connectivity index (χ1) is 11.7. The molecule has 0 unspecified atom stereocenters. The molecule has 1 aromatic heterocycles. The average molecular weight is 328 g/mol. The molecule has 0 aliphatic carbocycles. The fourth-order valence-corrected chi connectivity index (χ4v) is 2.30. The van der Waals surface area contributed by atoms with E-state index in [-0.39, 0.29) is 11.7 Å². The molecule has 24 heavy (non-hydrogen) atoms. The summed E-state index contributed by atoms with van der Waals surface area (Å²) in [5, 5.41) is 3.44. The van der Waals surface area contributed by atoms with E-state index in [0.29, 0.717) is 41.2 Å². The van der Waals surface area contributed by atoms with E-state index in [9.17, 15) is 9.18 Å². The van der Waals surface area contributed by atoms with Crippen LogP contribution >= 0.6 is 0 Å². The van der Waals surface area contributed by atoms with E-state index in [1.54, 1.807) is 43.5 Å². The molecule has 1 amide bonds. The van der Waals surface area contributed by atoms with Crippen molar-refractivity contribution in [1.82, 2.24) is 4.98 Å². The van der Waals surface area contributed by atoms with E-state index in [1.165, 1.54) is 12.1 Å². The minimum atomic E-state index is -0.336. The maximum atomic E-state index is 13.2. The summed E-state index contributed by atoms with van der Waals surface area (Å²) in [7, 11) is 1.61. The molecule has 0 radical (unpaired) electrons. The van der Waals surface area contributed by atoms with Gasteiger partial charge in [-0.05, 0) is 48.5 Å². The highest BCUT2D eigenvalue weighted by atomic mass is 19.1. The number of aromatic amines is 1. The first-order valence-electron chi connectivity index (χ1n) is 7.47. The molecule has 3 aromatic rings. The van der Waals surface area contributed by atoms with Crippen molar-refractivity contribution in [2.24, 2.45) is 0 Å². The van der Waals surface area contributed by atoms with Crippen molar-refractivity contribution in [2.45, 2.75) is 0 Å². The largest absolute Gasteiger partial charge is 0.491 e. The van der Waals surface area contributed by atoms with Gasteiger partial charge < -0.3 is 19.8 Å². The van der Waals surface area contributed by atoms with Gasteiger partial charge in [0.2, 0.25) is 0 Å². The fraction of sp³-hybridized carbons (Fsp3) is 0.167. The van der Waals surface area contributed by atoms with Crippen LogP contribution in [0.1, 0.15) is 10.5 Å². The molecular weight excluding hydrogens is 311 g/mol. The Labute approximate surface area is 138 Å². The minimum absolute atomic E-state index is 0.292. The number of anilines is 1. The van der Waals surface area contributed by atoms with Gasteiger partial charge in [0.05, 0.1) is 6.61 Å². The third-order valence-electron chi connectivity index (χ3n) is 3.50. The number of aromatic nitrogens is 1. The van der Waals surface area contributed by atoms with Crippen LogP contribution in [0.15, 0.2) is 48.5 Å².